The maximum absolute atomic E-state index is 13.5. The Kier molecular flexibility index (Phi) is 3.75. The first-order valence-corrected chi connectivity index (χ1v) is 5.57. The van der Waals surface area contributed by atoms with E-state index in [1.807, 2.05) is 0 Å². The molecule has 1 unspecified atom stereocenters. The highest BCUT2D eigenvalue weighted by molar-refractivity contribution is 6.22. The molecule has 0 heterocycles. The molecule has 6 heteroatoms. The van der Waals surface area contributed by atoms with Crippen molar-refractivity contribution < 1.29 is 22.0 Å². The minimum absolute atomic E-state index is 0.206. The van der Waals surface area contributed by atoms with Crippen LogP contribution in [0.1, 0.15) is 16.5 Å². The average Bonchev–Trinajstić information content (AvgIpc) is 2.37. The van der Waals surface area contributed by atoms with Crippen LogP contribution in [0.2, 0.25) is 0 Å². The van der Waals surface area contributed by atoms with Gasteiger partial charge in [-0.05, 0) is 35.9 Å². The van der Waals surface area contributed by atoms with E-state index >= 15 is 0 Å². The Balaban J connectivity index is 2.49. The highest BCUT2D eigenvalue weighted by Crippen LogP contribution is 2.32. The standard InChI is InChI=1S/C13H6ClF5/c14-12(8-5-7(15)1-2-9(8)16)6-3-10(17)13(19)11(18)4-6/h1-5,12H. The van der Waals surface area contributed by atoms with Crippen LogP contribution in [0.25, 0.3) is 0 Å². The predicted octanol–water partition coefficient (Wildman–Crippen LogP) is 4.71. The maximum Gasteiger partial charge on any atom is 0.194 e. The number of hydrogen-bond acceptors (Lipinski definition) is 0. The minimum Gasteiger partial charge on any atom is -0.207 e. The third kappa shape index (κ3) is 2.71. The Hall–Kier alpha value is -1.62. The number of halogens is 6. The van der Waals surface area contributed by atoms with E-state index in [9.17, 15) is 22.0 Å². The SMILES string of the molecule is Fc1ccc(F)c(C(Cl)c2cc(F)c(F)c(F)c2)c1. The third-order valence-electron chi connectivity index (χ3n) is 2.53. The number of alkyl halides is 1. The van der Waals surface area contributed by atoms with Crippen LogP contribution in [0.5, 0.6) is 0 Å². The molecule has 100 valence electrons. The van der Waals surface area contributed by atoms with E-state index in [4.69, 9.17) is 11.6 Å². The molecule has 0 saturated carbocycles. The molecule has 2 aromatic carbocycles. The Morgan fingerprint density at radius 2 is 1.37 bits per heavy atom. The first-order valence-electron chi connectivity index (χ1n) is 5.13. The van der Waals surface area contributed by atoms with Crippen LogP contribution in [-0.2, 0) is 0 Å². The van der Waals surface area contributed by atoms with E-state index in [2.05, 4.69) is 0 Å². The van der Waals surface area contributed by atoms with Gasteiger partial charge in [0.1, 0.15) is 11.6 Å². The van der Waals surface area contributed by atoms with Crippen LogP contribution < -0.4 is 0 Å². The quantitative estimate of drug-likeness (QED) is 0.427. The van der Waals surface area contributed by atoms with Gasteiger partial charge < -0.3 is 0 Å². The van der Waals surface area contributed by atoms with Crippen LogP contribution in [0.15, 0.2) is 30.3 Å². The smallest absolute Gasteiger partial charge is 0.194 e. The van der Waals surface area contributed by atoms with Gasteiger partial charge in [0, 0.05) is 5.56 Å². The molecule has 0 spiro atoms. The van der Waals surface area contributed by atoms with Crippen LogP contribution in [-0.4, -0.2) is 0 Å². The van der Waals surface area contributed by atoms with Gasteiger partial charge in [-0.3, -0.25) is 0 Å². The summed E-state index contributed by atoms with van der Waals surface area (Å²) in [6, 6.07) is 3.82. The molecule has 19 heavy (non-hydrogen) atoms. The summed E-state index contributed by atoms with van der Waals surface area (Å²) >= 11 is 5.84. The van der Waals surface area contributed by atoms with Crippen molar-refractivity contribution in [1.29, 1.82) is 0 Å². The monoisotopic (exact) mass is 292 g/mol. The molecule has 0 radical (unpaired) electrons. The van der Waals surface area contributed by atoms with Gasteiger partial charge in [0.25, 0.3) is 0 Å². The number of rotatable bonds is 2. The van der Waals surface area contributed by atoms with Crippen LogP contribution in [0.4, 0.5) is 22.0 Å². The molecule has 0 aliphatic heterocycles. The molecule has 2 rings (SSSR count). The molecule has 0 fully saturated rings. The van der Waals surface area contributed by atoms with Crippen molar-refractivity contribution >= 4 is 11.6 Å². The van der Waals surface area contributed by atoms with Gasteiger partial charge >= 0.3 is 0 Å². The fraction of sp³-hybridized carbons (Fsp3) is 0.0769. The van der Waals surface area contributed by atoms with Gasteiger partial charge in [-0.25, -0.2) is 22.0 Å². The predicted molar refractivity (Wildman–Crippen MR) is 60.4 cm³/mol. The van der Waals surface area contributed by atoms with Crippen molar-refractivity contribution in [2.45, 2.75) is 5.38 Å². The Morgan fingerprint density at radius 3 is 1.95 bits per heavy atom. The lowest BCUT2D eigenvalue weighted by molar-refractivity contribution is 0.445. The molecule has 0 saturated heterocycles. The number of hydrogen-bond donors (Lipinski definition) is 0. The van der Waals surface area contributed by atoms with Gasteiger partial charge in [0.05, 0.1) is 5.38 Å². The molecular weight excluding hydrogens is 287 g/mol. The summed E-state index contributed by atoms with van der Waals surface area (Å²) < 4.78 is 65.4. The largest absolute Gasteiger partial charge is 0.207 e. The fourth-order valence-electron chi connectivity index (χ4n) is 1.61. The van der Waals surface area contributed by atoms with E-state index < -0.39 is 34.5 Å². The molecule has 0 aliphatic rings. The number of benzene rings is 2. The molecule has 2 aromatic rings. The summed E-state index contributed by atoms with van der Waals surface area (Å²) in [5, 5.41) is -1.33. The summed E-state index contributed by atoms with van der Waals surface area (Å²) in [6.45, 7) is 0. The second-order valence-corrected chi connectivity index (χ2v) is 4.26. The van der Waals surface area contributed by atoms with E-state index in [1.54, 1.807) is 0 Å². The van der Waals surface area contributed by atoms with Crippen molar-refractivity contribution in [1.82, 2.24) is 0 Å². The van der Waals surface area contributed by atoms with Crippen molar-refractivity contribution in [3.8, 4) is 0 Å². The third-order valence-corrected chi connectivity index (χ3v) is 3.02. The summed E-state index contributed by atoms with van der Waals surface area (Å²) in [7, 11) is 0. The maximum atomic E-state index is 13.5. The molecule has 0 aromatic heterocycles. The second kappa shape index (κ2) is 5.17. The lowest BCUT2D eigenvalue weighted by Crippen LogP contribution is -2.01. The summed E-state index contributed by atoms with van der Waals surface area (Å²) in [4.78, 5) is 0. The van der Waals surface area contributed by atoms with Gasteiger partial charge in [0.15, 0.2) is 17.5 Å². The van der Waals surface area contributed by atoms with Gasteiger partial charge in [-0.15, -0.1) is 11.6 Å². The zero-order valence-corrected chi connectivity index (χ0v) is 9.99. The average molecular weight is 293 g/mol. The first kappa shape index (κ1) is 13.8. The van der Waals surface area contributed by atoms with Gasteiger partial charge in [-0.2, -0.15) is 0 Å². The van der Waals surface area contributed by atoms with Crippen molar-refractivity contribution in [2.75, 3.05) is 0 Å². The minimum atomic E-state index is -1.65. The second-order valence-electron chi connectivity index (χ2n) is 3.83. The van der Waals surface area contributed by atoms with E-state index in [1.165, 1.54) is 0 Å². The molecule has 0 bridgehead atoms. The van der Waals surface area contributed by atoms with Crippen LogP contribution in [0.3, 0.4) is 0 Å². The Labute approximate surface area is 110 Å². The van der Waals surface area contributed by atoms with Crippen molar-refractivity contribution in [3.63, 3.8) is 0 Å². The molecule has 0 amide bonds. The summed E-state index contributed by atoms with van der Waals surface area (Å²) in [5.74, 6) is -6.11. The highest BCUT2D eigenvalue weighted by Gasteiger charge is 2.20. The normalized spacial score (nSPS) is 12.5. The van der Waals surface area contributed by atoms with E-state index in [0.717, 1.165) is 18.2 Å². The zero-order chi connectivity index (χ0) is 14.2. The topological polar surface area (TPSA) is 0 Å². The fourth-order valence-corrected chi connectivity index (χ4v) is 1.90. The van der Waals surface area contributed by atoms with Crippen LogP contribution in [0, 0.1) is 29.1 Å². The molecule has 0 N–H and O–H groups in total. The summed E-state index contributed by atoms with van der Waals surface area (Å²) in [6.07, 6.45) is 0. The Morgan fingerprint density at radius 1 is 0.789 bits per heavy atom. The van der Waals surface area contributed by atoms with E-state index in [0.29, 0.717) is 12.1 Å². The molecular formula is C13H6ClF5. The summed E-state index contributed by atoms with van der Waals surface area (Å²) in [5.41, 5.74) is -0.491. The van der Waals surface area contributed by atoms with Crippen molar-refractivity contribution in [2.24, 2.45) is 0 Å². The molecule has 0 nitrogen and oxygen atoms in total. The molecule has 0 aliphatic carbocycles. The lowest BCUT2D eigenvalue weighted by atomic mass is 10.0. The first-order chi connectivity index (χ1) is 8.90. The lowest BCUT2D eigenvalue weighted by Gasteiger charge is -2.12. The van der Waals surface area contributed by atoms with E-state index in [-0.39, 0.29) is 11.1 Å². The van der Waals surface area contributed by atoms with Gasteiger partial charge in [0.2, 0.25) is 0 Å². The van der Waals surface area contributed by atoms with Crippen LogP contribution >= 0.6 is 11.6 Å². The zero-order valence-electron chi connectivity index (χ0n) is 9.23. The van der Waals surface area contributed by atoms with Crippen molar-refractivity contribution in [3.05, 3.63) is 70.5 Å². The molecule has 1 atom stereocenters. The Bertz CT molecular complexity index is 603. The van der Waals surface area contributed by atoms with Gasteiger partial charge in [-0.1, -0.05) is 0 Å². The highest BCUT2D eigenvalue weighted by atomic mass is 35.5.